The summed E-state index contributed by atoms with van der Waals surface area (Å²) in [6.45, 7) is 1.23. The van der Waals surface area contributed by atoms with Crippen molar-refractivity contribution in [1.29, 1.82) is 0 Å². The Bertz CT molecular complexity index is 672. The van der Waals surface area contributed by atoms with Crippen molar-refractivity contribution in [2.24, 2.45) is 11.1 Å². The van der Waals surface area contributed by atoms with E-state index in [1.807, 2.05) is 24.3 Å². The van der Waals surface area contributed by atoms with E-state index in [1.165, 1.54) is 25.6 Å². The fraction of sp³-hybridized carbons (Fsp3) is 0.500. The molecule has 0 spiro atoms. The van der Waals surface area contributed by atoms with E-state index in [0.717, 1.165) is 24.1 Å². The zero-order valence-electron chi connectivity index (χ0n) is 14.8. The molecule has 1 aromatic carbocycles. The Balaban J connectivity index is 0.00000169. The summed E-state index contributed by atoms with van der Waals surface area (Å²) >= 11 is 0. The number of hydrogen-bond acceptors (Lipinski definition) is 4. The van der Waals surface area contributed by atoms with E-state index in [4.69, 9.17) is 5.73 Å². The van der Waals surface area contributed by atoms with Crippen molar-refractivity contribution in [2.45, 2.75) is 45.1 Å². The standard InChI is InChI=1S/C18H25N5O.2ClH/c19-12-18(7-2-1-3-8-18)10-17(24)22-16-6-4-5-15(9-16)11-23-14-20-13-21-23;;/h4-6,9,13-14H,1-3,7-8,10-12,19H2,(H,22,24);2*1H. The lowest BCUT2D eigenvalue weighted by molar-refractivity contribution is -0.118. The van der Waals surface area contributed by atoms with Gasteiger partial charge in [-0.3, -0.25) is 4.79 Å². The maximum absolute atomic E-state index is 12.5. The molecule has 1 amide bonds. The Kier molecular flexibility index (Phi) is 9.05. The quantitative estimate of drug-likeness (QED) is 0.778. The SMILES string of the molecule is Cl.Cl.NCC1(CC(=O)Nc2cccc(Cn3cncn3)c2)CCCCC1. The number of rotatable bonds is 6. The van der Waals surface area contributed by atoms with E-state index in [-0.39, 0.29) is 36.1 Å². The highest BCUT2D eigenvalue weighted by Crippen LogP contribution is 2.38. The van der Waals surface area contributed by atoms with Gasteiger partial charge in [-0.15, -0.1) is 24.8 Å². The monoisotopic (exact) mass is 399 g/mol. The molecule has 0 atom stereocenters. The van der Waals surface area contributed by atoms with Crippen molar-refractivity contribution in [3.05, 3.63) is 42.5 Å². The van der Waals surface area contributed by atoms with Crippen LogP contribution >= 0.6 is 24.8 Å². The van der Waals surface area contributed by atoms with Gasteiger partial charge in [-0.25, -0.2) is 9.67 Å². The van der Waals surface area contributed by atoms with E-state index >= 15 is 0 Å². The van der Waals surface area contributed by atoms with Gasteiger partial charge in [0, 0.05) is 12.1 Å². The van der Waals surface area contributed by atoms with Gasteiger partial charge in [-0.2, -0.15) is 5.10 Å². The first-order valence-corrected chi connectivity index (χ1v) is 8.60. The number of amides is 1. The van der Waals surface area contributed by atoms with Crippen molar-refractivity contribution < 1.29 is 4.79 Å². The largest absolute Gasteiger partial charge is 0.330 e. The fourth-order valence-corrected chi connectivity index (χ4v) is 3.55. The van der Waals surface area contributed by atoms with Crippen LogP contribution in [0.1, 0.15) is 44.1 Å². The second kappa shape index (κ2) is 10.5. The molecule has 0 aliphatic heterocycles. The average Bonchev–Trinajstić information content (AvgIpc) is 3.09. The van der Waals surface area contributed by atoms with Crippen LogP contribution in [0.4, 0.5) is 5.69 Å². The maximum atomic E-state index is 12.5. The number of halogens is 2. The van der Waals surface area contributed by atoms with Crippen LogP contribution in [0.3, 0.4) is 0 Å². The molecule has 1 aromatic heterocycles. The lowest BCUT2D eigenvalue weighted by Crippen LogP contribution is -2.36. The average molecular weight is 400 g/mol. The molecule has 0 unspecified atom stereocenters. The van der Waals surface area contributed by atoms with Gasteiger partial charge < -0.3 is 11.1 Å². The number of nitrogens with two attached hydrogens (primary N) is 1. The summed E-state index contributed by atoms with van der Waals surface area (Å²) in [5.74, 6) is 0.0558. The Morgan fingerprint density at radius 3 is 2.65 bits per heavy atom. The molecule has 3 rings (SSSR count). The smallest absolute Gasteiger partial charge is 0.224 e. The summed E-state index contributed by atoms with van der Waals surface area (Å²) in [5.41, 5.74) is 7.86. The molecule has 1 fully saturated rings. The molecule has 6 nitrogen and oxygen atoms in total. The Labute approximate surface area is 166 Å². The predicted octanol–water partition coefficient (Wildman–Crippen LogP) is 3.41. The molecular weight excluding hydrogens is 373 g/mol. The van der Waals surface area contributed by atoms with Crippen LogP contribution in [-0.2, 0) is 11.3 Å². The second-order valence-corrected chi connectivity index (χ2v) is 6.78. The van der Waals surface area contributed by atoms with Gasteiger partial charge in [-0.1, -0.05) is 31.4 Å². The number of nitrogens with one attached hydrogen (secondary N) is 1. The molecule has 2 aromatic rings. The molecule has 1 aliphatic carbocycles. The van der Waals surface area contributed by atoms with E-state index in [2.05, 4.69) is 15.4 Å². The number of aromatic nitrogens is 3. The van der Waals surface area contributed by atoms with Crippen molar-refractivity contribution in [3.8, 4) is 0 Å². The zero-order valence-corrected chi connectivity index (χ0v) is 16.4. The van der Waals surface area contributed by atoms with Crippen LogP contribution in [0.2, 0.25) is 0 Å². The highest BCUT2D eigenvalue weighted by atomic mass is 35.5. The van der Waals surface area contributed by atoms with Crippen molar-refractivity contribution in [3.63, 3.8) is 0 Å². The van der Waals surface area contributed by atoms with Crippen LogP contribution in [0.5, 0.6) is 0 Å². The van der Waals surface area contributed by atoms with Gasteiger partial charge in [0.05, 0.1) is 6.54 Å². The number of hydrogen-bond donors (Lipinski definition) is 2. The molecule has 3 N–H and O–H groups in total. The molecular formula is C18H27Cl2N5O. The first-order valence-electron chi connectivity index (χ1n) is 8.60. The van der Waals surface area contributed by atoms with Gasteiger partial charge in [0.1, 0.15) is 12.7 Å². The molecule has 0 radical (unpaired) electrons. The molecule has 1 heterocycles. The van der Waals surface area contributed by atoms with Crippen molar-refractivity contribution in [2.75, 3.05) is 11.9 Å². The number of carbonyl (C=O) groups is 1. The Morgan fingerprint density at radius 2 is 2.00 bits per heavy atom. The third-order valence-corrected chi connectivity index (χ3v) is 4.90. The summed E-state index contributed by atoms with van der Waals surface area (Å²) in [4.78, 5) is 16.4. The van der Waals surface area contributed by atoms with Gasteiger partial charge in [0.2, 0.25) is 5.91 Å². The fourth-order valence-electron chi connectivity index (χ4n) is 3.55. The molecule has 0 saturated heterocycles. The summed E-state index contributed by atoms with van der Waals surface area (Å²) in [7, 11) is 0. The normalized spacial score (nSPS) is 15.4. The molecule has 1 saturated carbocycles. The summed E-state index contributed by atoms with van der Waals surface area (Å²) in [5, 5.41) is 7.13. The summed E-state index contributed by atoms with van der Waals surface area (Å²) in [6.07, 6.45) is 9.44. The first kappa shape index (κ1) is 22.4. The van der Waals surface area contributed by atoms with Crippen LogP contribution in [0.15, 0.2) is 36.9 Å². The summed E-state index contributed by atoms with van der Waals surface area (Å²) < 4.78 is 1.76. The van der Waals surface area contributed by atoms with Crippen LogP contribution < -0.4 is 11.1 Å². The van der Waals surface area contributed by atoms with Crippen molar-refractivity contribution >= 4 is 36.4 Å². The van der Waals surface area contributed by atoms with Gasteiger partial charge >= 0.3 is 0 Å². The van der Waals surface area contributed by atoms with Gasteiger partial charge in [0.15, 0.2) is 0 Å². The van der Waals surface area contributed by atoms with E-state index in [1.54, 1.807) is 11.0 Å². The number of nitrogens with zero attached hydrogens (tertiary/aromatic N) is 3. The van der Waals surface area contributed by atoms with E-state index in [0.29, 0.717) is 19.5 Å². The van der Waals surface area contributed by atoms with E-state index in [9.17, 15) is 4.79 Å². The van der Waals surface area contributed by atoms with Gasteiger partial charge in [-0.05, 0) is 42.5 Å². The minimum atomic E-state index is -0.0132. The Morgan fingerprint density at radius 1 is 1.23 bits per heavy atom. The van der Waals surface area contributed by atoms with E-state index < -0.39 is 0 Å². The molecule has 26 heavy (non-hydrogen) atoms. The third kappa shape index (κ3) is 5.97. The highest BCUT2D eigenvalue weighted by Gasteiger charge is 2.32. The number of benzene rings is 1. The first-order chi connectivity index (χ1) is 11.7. The Hall–Kier alpha value is -1.63. The minimum absolute atomic E-state index is 0. The second-order valence-electron chi connectivity index (χ2n) is 6.78. The zero-order chi connectivity index (χ0) is 16.8. The molecule has 1 aliphatic rings. The molecule has 0 bridgehead atoms. The van der Waals surface area contributed by atoms with Crippen LogP contribution in [0, 0.1) is 5.41 Å². The predicted molar refractivity (Wildman–Crippen MR) is 108 cm³/mol. The highest BCUT2D eigenvalue weighted by molar-refractivity contribution is 5.91. The lowest BCUT2D eigenvalue weighted by atomic mass is 9.71. The number of anilines is 1. The molecule has 144 valence electrons. The molecule has 8 heteroatoms. The van der Waals surface area contributed by atoms with Crippen LogP contribution in [-0.4, -0.2) is 27.2 Å². The van der Waals surface area contributed by atoms with Crippen molar-refractivity contribution in [1.82, 2.24) is 14.8 Å². The van der Waals surface area contributed by atoms with Crippen LogP contribution in [0.25, 0.3) is 0 Å². The third-order valence-electron chi connectivity index (χ3n) is 4.90. The maximum Gasteiger partial charge on any atom is 0.224 e. The lowest BCUT2D eigenvalue weighted by Gasteiger charge is -2.35. The number of carbonyl (C=O) groups excluding carboxylic acids is 1. The summed E-state index contributed by atoms with van der Waals surface area (Å²) in [6, 6.07) is 7.86. The topological polar surface area (TPSA) is 85.8 Å². The minimum Gasteiger partial charge on any atom is -0.330 e. The van der Waals surface area contributed by atoms with Gasteiger partial charge in [0.25, 0.3) is 0 Å².